The van der Waals surface area contributed by atoms with Crippen LogP contribution in [-0.2, 0) is 6.42 Å². The van der Waals surface area contributed by atoms with Crippen LogP contribution in [0.15, 0.2) is 30.5 Å². The monoisotopic (exact) mass is 186 g/mol. The quantitative estimate of drug-likeness (QED) is 0.737. The number of hydrogen-bond acceptors (Lipinski definition) is 1. The Morgan fingerprint density at radius 2 is 2.14 bits per heavy atom. The Bertz CT molecular complexity index is 440. The third-order valence-corrected chi connectivity index (χ3v) is 3.01. The predicted octanol–water partition coefficient (Wildman–Crippen LogP) is 1.93. The highest BCUT2D eigenvalue weighted by Gasteiger charge is 2.16. The lowest BCUT2D eigenvalue weighted by Crippen LogP contribution is -2.43. The van der Waals surface area contributed by atoms with Gasteiger partial charge in [0, 0.05) is 11.7 Å². The second kappa shape index (κ2) is 3.14. The third kappa shape index (κ3) is 1.32. The van der Waals surface area contributed by atoms with Gasteiger partial charge in [-0.1, -0.05) is 6.07 Å². The zero-order valence-electron chi connectivity index (χ0n) is 8.09. The van der Waals surface area contributed by atoms with Crippen molar-refractivity contribution in [3.8, 4) is 0 Å². The van der Waals surface area contributed by atoms with Crippen molar-refractivity contribution in [1.82, 2.24) is 10.3 Å². The number of aromatic nitrogens is 1. The maximum absolute atomic E-state index is 3.31. The van der Waals surface area contributed by atoms with Gasteiger partial charge in [0.1, 0.15) is 0 Å². The second-order valence-corrected chi connectivity index (χ2v) is 4.13. The second-order valence-electron chi connectivity index (χ2n) is 4.13. The highest BCUT2D eigenvalue weighted by molar-refractivity contribution is 5.79. The topological polar surface area (TPSA) is 27.8 Å². The average Bonchev–Trinajstić information content (AvgIpc) is 2.58. The molecule has 0 aliphatic carbocycles. The summed E-state index contributed by atoms with van der Waals surface area (Å²) in [7, 11) is 0. The predicted molar refractivity (Wildman–Crippen MR) is 58.4 cm³/mol. The molecule has 2 aromatic rings. The smallest absolute Gasteiger partial charge is 0.0454 e. The zero-order valence-corrected chi connectivity index (χ0v) is 8.09. The number of fused-ring (bicyclic) bond motifs is 1. The van der Waals surface area contributed by atoms with Crippen LogP contribution in [0.4, 0.5) is 0 Å². The largest absolute Gasteiger partial charge is 0.361 e. The van der Waals surface area contributed by atoms with Crippen molar-refractivity contribution in [2.24, 2.45) is 5.92 Å². The van der Waals surface area contributed by atoms with Crippen molar-refractivity contribution in [1.29, 1.82) is 0 Å². The van der Waals surface area contributed by atoms with E-state index in [9.17, 15) is 0 Å². The van der Waals surface area contributed by atoms with Gasteiger partial charge in [-0.25, -0.2) is 0 Å². The van der Waals surface area contributed by atoms with Crippen molar-refractivity contribution >= 4 is 10.9 Å². The molecule has 2 N–H and O–H groups in total. The lowest BCUT2D eigenvalue weighted by molar-refractivity contribution is 0.346. The molecule has 1 aliphatic heterocycles. The summed E-state index contributed by atoms with van der Waals surface area (Å²) in [6.45, 7) is 2.37. The van der Waals surface area contributed by atoms with Crippen molar-refractivity contribution in [3.05, 3.63) is 36.0 Å². The minimum atomic E-state index is 0.853. The molecule has 0 unspecified atom stereocenters. The molecule has 14 heavy (non-hydrogen) atoms. The summed E-state index contributed by atoms with van der Waals surface area (Å²) in [6, 6.07) is 8.84. The van der Waals surface area contributed by atoms with Crippen LogP contribution in [0.3, 0.4) is 0 Å². The molecule has 0 bridgehead atoms. The van der Waals surface area contributed by atoms with Crippen LogP contribution in [0.25, 0.3) is 10.9 Å². The Kier molecular flexibility index (Phi) is 1.81. The van der Waals surface area contributed by atoms with E-state index in [2.05, 4.69) is 34.6 Å². The van der Waals surface area contributed by atoms with Gasteiger partial charge in [-0.05, 0) is 54.6 Å². The number of hydrogen-bond donors (Lipinski definition) is 2. The van der Waals surface area contributed by atoms with E-state index in [4.69, 9.17) is 0 Å². The molecule has 0 radical (unpaired) electrons. The molecule has 0 atom stereocenters. The van der Waals surface area contributed by atoms with Gasteiger partial charge in [0.25, 0.3) is 0 Å². The molecule has 0 amide bonds. The van der Waals surface area contributed by atoms with E-state index in [0.717, 1.165) is 5.92 Å². The van der Waals surface area contributed by atoms with E-state index in [1.54, 1.807) is 0 Å². The SMILES string of the molecule is c1cc2cc(CC3CNC3)ccc2[nH]1. The highest BCUT2D eigenvalue weighted by Crippen LogP contribution is 2.18. The van der Waals surface area contributed by atoms with E-state index in [-0.39, 0.29) is 0 Å². The molecule has 1 aromatic carbocycles. The molecule has 0 saturated carbocycles. The van der Waals surface area contributed by atoms with Crippen molar-refractivity contribution in [2.45, 2.75) is 6.42 Å². The summed E-state index contributed by atoms with van der Waals surface area (Å²) in [6.07, 6.45) is 3.22. The standard InChI is InChI=1S/C12H14N2/c1-2-12-11(3-4-14-12)6-9(1)5-10-7-13-8-10/h1-4,6,10,13-14H,5,7-8H2. The fraction of sp³-hybridized carbons (Fsp3) is 0.333. The van der Waals surface area contributed by atoms with Crippen LogP contribution >= 0.6 is 0 Å². The highest BCUT2D eigenvalue weighted by atomic mass is 14.9. The van der Waals surface area contributed by atoms with E-state index in [1.807, 2.05) is 6.20 Å². The number of aromatic amines is 1. The summed E-state index contributed by atoms with van der Waals surface area (Å²) in [5.74, 6) is 0.853. The van der Waals surface area contributed by atoms with Gasteiger partial charge in [0.2, 0.25) is 0 Å². The molecule has 1 saturated heterocycles. The fourth-order valence-electron chi connectivity index (χ4n) is 2.06. The van der Waals surface area contributed by atoms with Gasteiger partial charge in [0.15, 0.2) is 0 Å². The molecule has 2 heterocycles. The van der Waals surface area contributed by atoms with Crippen molar-refractivity contribution in [3.63, 3.8) is 0 Å². The Labute approximate surface area is 83.3 Å². The molecule has 2 heteroatoms. The van der Waals surface area contributed by atoms with Crippen LogP contribution in [0.2, 0.25) is 0 Å². The minimum absolute atomic E-state index is 0.853. The first kappa shape index (κ1) is 8.06. The average molecular weight is 186 g/mol. The van der Waals surface area contributed by atoms with Crippen molar-refractivity contribution in [2.75, 3.05) is 13.1 Å². The molecule has 1 aliphatic rings. The molecular formula is C12H14N2. The summed E-state index contributed by atoms with van der Waals surface area (Å²) in [5.41, 5.74) is 2.70. The molecular weight excluding hydrogens is 172 g/mol. The normalized spacial score (nSPS) is 17.1. The number of benzene rings is 1. The van der Waals surface area contributed by atoms with E-state index in [0.29, 0.717) is 0 Å². The van der Waals surface area contributed by atoms with Gasteiger partial charge < -0.3 is 10.3 Å². The Morgan fingerprint density at radius 3 is 2.93 bits per heavy atom. The van der Waals surface area contributed by atoms with Gasteiger partial charge >= 0.3 is 0 Å². The first-order valence-corrected chi connectivity index (χ1v) is 5.18. The molecule has 2 nitrogen and oxygen atoms in total. The lowest BCUT2D eigenvalue weighted by atomic mass is 9.94. The fourth-order valence-corrected chi connectivity index (χ4v) is 2.06. The molecule has 0 spiro atoms. The Balaban J connectivity index is 1.88. The maximum Gasteiger partial charge on any atom is 0.0454 e. The first-order chi connectivity index (χ1) is 6.92. The van der Waals surface area contributed by atoms with E-state index >= 15 is 0 Å². The van der Waals surface area contributed by atoms with Crippen LogP contribution < -0.4 is 5.32 Å². The van der Waals surface area contributed by atoms with Crippen molar-refractivity contribution < 1.29 is 0 Å². The number of nitrogens with one attached hydrogen (secondary N) is 2. The zero-order chi connectivity index (χ0) is 9.38. The Hall–Kier alpha value is -1.28. The summed E-state index contributed by atoms with van der Waals surface area (Å²) in [4.78, 5) is 3.22. The number of H-pyrrole nitrogens is 1. The minimum Gasteiger partial charge on any atom is -0.361 e. The van der Waals surface area contributed by atoms with E-state index in [1.165, 1.54) is 36.0 Å². The maximum atomic E-state index is 3.31. The first-order valence-electron chi connectivity index (χ1n) is 5.18. The molecule has 1 fully saturated rings. The molecule has 72 valence electrons. The summed E-state index contributed by atoms with van der Waals surface area (Å²) >= 11 is 0. The summed E-state index contributed by atoms with van der Waals surface area (Å²) in [5, 5.41) is 4.64. The van der Waals surface area contributed by atoms with Crippen LogP contribution in [-0.4, -0.2) is 18.1 Å². The molecule has 3 rings (SSSR count). The van der Waals surface area contributed by atoms with Gasteiger partial charge in [-0.3, -0.25) is 0 Å². The van der Waals surface area contributed by atoms with Crippen LogP contribution in [0.5, 0.6) is 0 Å². The van der Waals surface area contributed by atoms with Gasteiger partial charge in [-0.15, -0.1) is 0 Å². The third-order valence-electron chi connectivity index (χ3n) is 3.01. The Morgan fingerprint density at radius 1 is 1.21 bits per heavy atom. The van der Waals surface area contributed by atoms with Gasteiger partial charge in [-0.2, -0.15) is 0 Å². The van der Waals surface area contributed by atoms with Crippen LogP contribution in [0, 0.1) is 5.92 Å². The van der Waals surface area contributed by atoms with Gasteiger partial charge in [0.05, 0.1) is 0 Å². The number of rotatable bonds is 2. The summed E-state index contributed by atoms with van der Waals surface area (Å²) < 4.78 is 0. The lowest BCUT2D eigenvalue weighted by Gasteiger charge is -2.27. The van der Waals surface area contributed by atoms with E-state index < -0.39 is 0 Å². The van der Waals surface area contributed by atoms with Crippen LogP contribution in [0.1, 0.15) is 5.56 Å². The molecule has 1 aromatic heterocycles.